The number of likely N-dealkylation sites (tertiary alicyclic amines) is 1. The predicted molar refractivity (Wildman–Crippen MR) is 70.2 cm³/mol. The number of carboxylic acids is 1. The number of nitrogens with two attached hydrogens (primary N) is 1. The summed E-state index contributed by atoms with van der Waals surface area (Å²) in [6.45, 7) is 1.81. The minimum Gasteiger partial charge on any atom is -0.480 e. The number of aliphatic carboxylic acids is 1. The van der Waals surface area contributed by atoms with Gasteiger partial charge in [0.2, 0.25) is 0 Å². The van der Waals surface area contributed by atoms with Gasteiger partial charge in [0.1, 0.15) is 5.54 Å². The Balaban J connectivity index is 2.30. The van der Waals surface area contributed by atoms with Crippen LogP contribution < -0.4 is 5.73 Å². The van der Waals surface area contributed by atoms with E-state index < -0.39 is 11.5 Å². The fourth-order valence-electron chi connectivity index (χ4n) is 2.71. The number of carbonyl (C=O) groups is 1. The quantitative estimate of drug-likeness (QED) is 0.845. The molecule has 4 heteroatoms. The lowest BCUT2D eigenvalue weighted by Gasteiger charge is -2.39. The van der Waals surface area contributed by atoms with Gasteiger partial charge in [0.05, 0.1) is 0 Å². The fourth-order valence-corrected chi connectivity index (χ4v) is 2.71. The second kappa shape index (κ2) is 5.08. The Morgan fingerprint density at radius 1 is 1.33 bits per heavy atom. The van der Waals surface area contributed by atoms with Gasteiger partial charge in [-0.05, 0) is 44.5 Å². The SMILES string of the molecule is CN1CCC(C(N)(C(=O)O)c2ccccc2)CC1. The third-order valence-corrected chi connectivity index (χ3v) is 3.97. The lowest BCUT2D eigenvalue weighted by atomic mass is 9.74. The Hall–Kier alpha value is -1.39. The first-order valence-electron chi connectivity index (χ1n) is 6.31. The Morgan fingerprint density at radius 3 is 2.39 bits per heavy atom. The van der Waals surface area contributed by atoms with Crippen molar-refractivity contribution in [3.05, 3.63) is 35.9 Å². The molecule has 98 valence electrons. The van der Waals surface area contributed by atoms with Crippen molar-refractivity contribution in [1.29, 1.82) is 0 Å². The summed E-state index contributed by atoms with van der Waals surface area (Å²) in [6.07, 6.45) is 1.66. The van der Waals surface area contributed by atoms with Crippen molar-refractivity contribution in [2.24, 2.45) is 11.7 Å². The minimum atomic E-state index is -1.26. The van der Waals surface area contributed by atoms with Gasteiger partial charge in [-0.3, -0.25) is 0 Å². The van der Waals surface area contributed by atoms with Crippen molar-refractivity contribution in [3.8, 4) is 0 Å². The van der Waals surface area contributed by atoms with Crippen LogP contribution in [0.2, 0.25) is 0 Å². The molecule has 1 unspecified atom stereocenters. The molecular formula is C14H20N2O2. The summed E-state index contributed by atoms with van der Waals surface area (Å²) < 4.78 is 0. The lowest BCUT2D eigenvalue weighted by molar-refractivity contribution is -0.147. The highest BCUT2D eigenvalue weighted by Crippen LogP contribution is 2.34. The molecule has 0 bridgehead atoms. The number of nitrogens with zero attached hydrogens (tertiary/aromatic N) is 1. The maximum Gasteiger partial charge on any atom is 0.328 e. The minimum absolute atomic E-state index is 0.00593. The van der Waals surface area contributed by atoms with Crippen molar-refractivity contribution in [2.45, 2.75) is 18.4 Å². The molecule has 1 aliphatic heterocycles. The van der Waals surface area contributed by atoms with Crippen molar-refractivity contribution < 1.29 is 9.90 Å². The summed E-state index contributed by atoms with van der Waals surface area (Å²) in [5.41, 5.74) is 5.70. The van der Waals surface area contributed by atoms with Gasteiger partial charge in [-0.25, -0.2) is 4.79 Å². The zero-order valence-corrected chi connectivity index (χ0v) is 10.7. The second-order valence-corrected chi connectivity index (χ2v) is 5.12. The molecule has 3 N–H and O–H groups in total. The first kappa shape index (κ1) is 13.1. The highest BCUT2D eigenvalue weighted by molar-refractivity contribution is 5.81. The molecule has 0 aromatic heterocycles. The second-order valence-electron chi connectivity index (χ2n) is 5.12. The summed E-state index contributed by atoms with van der Waals surface area (Å²) in [4.78, 5) is 13.9. The summed E-state index contributed by atoms with van der Waals surface area (Å²) in [5, 5.41) is 9.57. The molecule has 1 aliphatic rings. The maximum atomic E-state index is 11.7. The smallest absolute Gasteiger partial charge is 0.328 e. The van der Waals surface area contributed by atoms with Crippen LogP contribution in [0.25, 0.3) is 0 Å². The van der Waals surface area contributed by atoms with Gasteiger partial charge in [-0.2, -0.15) is 0 Å². The number of rotatable bonds is 3. The highest BCUT2D eigenvalue weighted by Gasteiger charge is 2.44. The number of piperidine rings is 1. The van der Waals surface area contributed by atoms with Gasteiger partial charge in [0, 0.05) is 0 Å². The Morgan fingerprint density at radius 2 is 1.89 bits per heavy atom. The fraction of sp³-hybridized carbons (Fsp3) is 0.500. The van der Waals surface area contributed by atoms with Gasteiger partial charge in [0.15, 0.2) is 0 Å². The monoisotopic (exact) mass is 248 g/mol. The molecule has 18 heavy (non-hydrogen) atoms. The largest absolute Gasteiger partial charge is 0.480 e. The molecule has 1 aromatic carbocycles. The van der Waals surface area contributed by atoms with Crippen LogP contribution in [0.1, 0.15) is 18.4 Å². The number of hydrogen-bond donors (Lipinski definition) is 2. The van der Waals surface area contributed by atoms with Gasteiger partial charge in [0.25, 0.3) is 0 Å². The molecule has 0 radical (unpaired) electrons. The summed E-state index contributed by atoms with van der Waals surface area (Å²) in [5.74, 6) is -0.933. The summed E-state index contributed by atoms with van der Waals surface area (Å²) >= 11 is 0. The van der Waals surface area contributed by atoms with E-state index in [1.807, 2.05) is 30.3 Å². The van der Waals surface area contributed by atoms with Gasteiger partial charge in [-0.1, -0.05) is 30.3 Å². The van der Waals surface area contributed by atoms with Crippen LogP contribution in [0.4, 0.5) is 0 Å². The lowest BCUT2D eigenvalue weighted by Crippen LogP contribution is -2.54. The van der Waals surface area contributed by atoms with Crippen molar-refractivity contribution >= 4 is 5.97 Å². The normalized spacial score (nSPS) is 21.4. The Labute approximate surface area is 107 Å². The van der Waals surface area contributed by atoms with E-state index in [1.165, 1.54) is 0 Å². The van der Waals surface area contributed by atoms with Gasteiger partial charge >= 0.3 is 5.97 Å². The van der Waals surface area contributed by atoms with E-state index in [-0.39, 0.29) is 5.92 Å². The van der Waals surface area contributed by atoms with Crippen LogP contribution in [-0.2, 0) is 10.3 Å². The van der Waals surface area contributed by atoms with E-state index in [4.69, 9.17) is 5.73 Å². The molecule has 0 spiro atoms. The van der Waals surface area contributed by atoms with Crippen LogP contribution in [0.5, 0.6) is 0 Å². The molecule has 0 saturated carbocycles. The molecule has 0 amide bonds. The first-order valence-corrected chi connectivity index (χ1v) is 6.31. The average Bonchev–Trinajstić information content (AvgIpc) is 2.39. The van der Waals surface area contributed by atoms with Gasteiger partial charge < -0.3 is 15.7 Å². The molecular weight excluding hydrogens is 228 g/mol. The van der Waals surface area contributed by atoms with Crippen LogP contribution in [-0.4, -0.2) is 36.1 Å². The molecule has 4 nitrogen and oxygen atoms in total. The zero-order chi connectivity index (χ0) is 13.2. The van der Waals surface area contributed by atoms with Crippen molar-refractivity contribution in [2.75, 3.05) is 20.1 Å². The highest BCUT2D eigenvalue weighted by atomic mass is 16.4. The van der Waals surface area contributed by atoms with Crippen LogP contribution in [0.15, 0.2) is 30.3 Å². The van der Waals surface area contributed by atoms with Crippen LogP contribution in [0, 0.1) is 5.92 Å². The summed E-state index contributed by atoms with van der Waals surface area (Å²) in [6, 6.07) is 9.18. The van der Waals surface area contributed by atoms with Gasteiger partial charge in [-0.15, -0.1) is 0 Å². The Kier molecular flexibility index (Phi) is 3.68. The third kappa shape index (κ3) is 2.26. The Bertz CT molecular complexity index is 413. The zero-order valence-electron chi connectivity index (χ0n) is 10.7. The van der Waals surface area contributed by atoms with Crippen LogP contribution in [0.3, 0.4) is 0 Å². The molecule has 1 atom stereocenters. The molecule has 2 rings (SSSR count). The third-order valence-electron chi connectivity index (χ3n) is 3.97. The number of carboxylic acid groups (broad SMARTS) is 1. The van der Waals surface area contributed by atoms with E-state index >= 15 is 0 Å². The first-order chi connectivity index (χ1) is 8.55. The van der Waals surface area contributed by atoms with Crippen LogP contribution >= 0.6 is 0 Å². The molecule has 1 aromatic rings. The van der Waals surface area contributed by atoms with Crippen molar-refractivity contribution in [3.63, 3.8) is 0 Å². The molecule has 1 fully saturated rings. The van der Waals surface area contributed by atoms with E-state index in [0.29, 0.717) is 5.56 Å². The maximum absolute atomic E-state index is 11.7. The van der Waals surface area contributed by atoms with E-state index in [1.54, 1.807) is 0 Å². The van der Waals surface area contributed by atoms with Crippen molar-refractivity contribution in [1.82, 2.24) is 4.90 Å². The van der Waals surface area contributed by atoms with E-state index in [0.717, 1.165) is 25.9 Å². The number of benzene rings is 1. The summed E-state index contributed by atoms with van der Waals surface area (Å²) in [7, 11) is 2.05. The number of hydrogen-bond acceptors (Lipinski definition) is 3. The standard InChI is InChI=1S/C14H20N2O2/c1-16-9-7-12(8-10-16)14(15,13(17)18)11-5-3-2-4-6-11/h2-6,12H,7-10,15H2,1H3,(H,17,18). The van der Waals surface area contributed by atoms with E-state index in [2.05, 4.69) is 11.9 Å². The molecule has 0 aliphatic carbocycles. The average molecular weight is 248 g/mol. The molecule has 1 saturated heterocycles. The molecule has 1 heterocycles. The predicted octanol–water partition coefficient (Wildman–Crippen LogP) is 1.27. The van der Waals surface area contributed by atoms with E-state index in [9.17, 15) is 9.90 Å². The topological polar surface area (TPSA) is 66.6 Å².